The summed E-state index contributed by atoms with van der Waals surface area (Å²) in [6, 6.07) is 0. The fourth-order valence-electron chi connectivity index (χ4n) is 2.58. The molecule has 1 N–H and O–H groups in total. The molecule has 1 aliphatic heterocycles. The van der Waals surface area contributed by atoms with Gasteiger partial charge in [0.2, 0.25) is 5.88 Å². The molecule has 0 aliphatic carbocycles. The Morgan fingerprint density at radius 2 is 1.55 bits per heavy atom. The second kappa shape index (κ2) is 10.8. The first-order valence-corrected chi connectivity index (χ1v) is 8.44. The van der Waals surface area contributed by atoms with Crippen LogP contribution in [-0.2, 0) is 4.84 Å². The van der Waals surface area contributed by atoms with Crippen LogP contribution in [0.3, 0.4) is 0 Å². The molecule has 0 aromatic heterocycles. The fourth-order valence-corrected chi connectivity index (χ4v) is 2.58. The van der Waals surface area contributed by atoms with Crippen LogP contribution in [0.4, 0.5) is 0 Å². The Hall–Kier alpha value is -0.990. The molecule has 0 radical (unpaired) electrons. The van der Waals surface area contributed by atoms with Gasteiger partial charge in [0.05, 0.1) is 0 Å². The minimum Gasteiger partial charge on any atom is -0.361 e. The zero-order valence-electron chi connectivity index (χ0n) is 13.4. The van der Waals surface area contributed by atoms with E-state index >= 15 is 0 Å². The van der Waals surface area contributed by atoms with E-state index in [-0.39, 0.29) is 0 Å². The van der Waals surface area contributed by atoms with E-state index < -0.39 is 0 Å². The standard InChI is InChI=1S/C17H32N2O/c1-4-5-6-7-8-9-10-11-12-13-14-15(2)17-18-16(3)20-19-17/h15H,3-14H2,1-2H3,(H,18,19). The Bertz CT molecular complexity index is 299. The first kappa shape index (κ1) is 17.1. The van der Waals surface area contributed by atoms with E-state index in [9.17, 15) is 0 Å². The SMILES string of the molecule is C=C1N=C(C(C)CCCCCCCCCCCC)NO1. The highest BCUT2D eigenvalue weighted by molar-refractivity contribution is 5.85. The van der Waals surface area contributed by atoms with Gasteiger partial charge >= 0.3 is 0 Å². The number of hydrogen-bond acceptors (Lipinski definition) is 3. The lowest BCUT2D eigenvalue weighted by Crippen LogP contribution is -2.23. The van der Waals surface area contributed by atoms with Crippen molar-refractivity contribution in [3.05, 3.63) is 12.5 Å². The highest BCUT2D eigenvalue weighted by Gasteiger charge is 2.16. The molecule has 0 saturated heterocycles. The van der Waals surface area contributed by atoms with Crippen LogP contribution >= 0.6 is 0 Å². The van der Waals surface area contributed by atoms with Gasteiger partial charge in [-0.25, -0.2) is 5.48 Å². The third-order valence-corrected chi connectivity index (χ3v) is 3.98. The van der Waals surface area contributed by atoms with Crippen molar-refractivity contribution < 1.29 is 4.84 Å². The summed E-state index contributed by atoms with van der Waals surface area (Å²) in [4.78, 5) is 9.28. The molecule has 1 aliphatic rings. The van der Waals surface area contributed by atoms with Crippen molar-refractivity contribution >= 4 is 5.84 Å². The number of unbranched alkanes of at least 4 members (excludes halogenated alkanes) is 9. The van der Waals surface area contributed by atoms with E-state index in [1.807, 2.05) is 0 Å². The second-order valence-electron chi connectivity index (χ2n) is 5.97. The van der Waals surface area contributed by atoms with Crippen molar-refractivity contribution in [1.29, 1.82) is 0 Å². The zero-order chi connectivity index (χ0) is 14.6. The molecule has 0 aromatic rings. The summed E-state index contributed by atoms with van der Waals surface area (Å²) in [5, 5.41) is 0. The van der Waals surface area contributed by atoms with Crippen molar-refractivity contribution in [3.8, 4) is 0 Å². The summed E-state index contributed by atoms with van der Waals surface area (Å²) in [5.74, 6) is 1.86. The molecule has 1 atom stereocenters. The third-order valence-electron chi connectivity index (χ3n) is 3.98. The Labute approximate surface area is 124 Å². The van der Waals surface area contributed by atoms with Crippen LogP contribution in [0.15, 0.2) is 17.5 Å². The smallest absolute Gasteiger partial charge is 0.240 e. The van der Waals surface area contributed by atoms with Crippen LogP contribution in [0, 0.1) is 5.92 Å². The van der Waals surface area contributed by atoms with Gasteiger partial charge in [-0.2, -0.15) is 4.99 Å². The topological polar surface area (TPSA) is 33.6 Å². The molecule has 1 rings (SSSR count). The lowest BCUT2D eigenvalue weighted by atomic mass is 10.0. The first-order valence-electron chi connectivity index (χ1n) is 8.44. The number of aliphatic imine (C=N–C) groups is 1. The number of hydroxylamine groups is 1. The summed E-state index contributed by atoms with van der Waals surface area (Å²) in [6.45, 7) is 8.14. The Morgan fingerprint density at radius 1 is 1.00 bits per heavy atom. The average molecular weight is 280 g/mol. The monoisotopic (exact) mass is 280 g/mol. The third kappa shape index (κ3) is 7.56. The highest BCUT2D eigenvalue weighted by atomic mass is 16.7. The van der Waals surface area contributed by atoms with Gasteiger partial charge < -0.3 is 4.84 Å². The molecule has 3 nitrogen and oxygen atoms in total. The van der Waals surface area contributed by atoms with Crippen molar-refractivity contribution in [2.24, 2.45) is 10.9 Å². The van der Waals surface area contributed by atoms with E-state index in [1.165, 1.54) is 70.6 Å². The van der Waals surface area contributed by atoms with Gasteiger partial charge in [0.15, 0.2) is 0 Å². The van der Waals surface area contributed by atoms with Crippen molar-refractivity contribution in [1.82, 2.24) is 5.48 Å². The maximum Gasteiger partial charge on any atom is 0.240 e. The molecule has 116 valence electrons. The van der Waals surface area contributed by atoms with E-state index in [0.717, 1.165) is 5.84 Å². The number of rotatable bonds is 12. The van der Waals surface area contributed by atoms with Crippen molar-refractivity contribution in [2.45, 2.75) is 84.5 Å². The number of hydrogen-bond donors (Lipinski definition) is 1. The maximum absolute atomic E-state index is 5.04. The summed E-state index contributed by atoms with van der Waals surface area (Å²) in [5.41, 5.74) is 2.84. The predicted octanol–water partition coefficient (Wildman–Crippen LogP) is 5.34. The van der Waals surface area contributed by atoms with E-state index in [0.29, 0.717) is 11.8 Å². The normalized spacial score (nSPS) is 15.7. The summed E-state index contributed by atoms with van der Waals surface area (Å²) >= 11 is 0. The van der Waals surface area contributed by atoms with Crippen LogP contribution in [-0.4, -0.2) is 5.84 Å². The quantitative estimate of drug-likeness (QED) is 0.490. The van der Waals surface area contributed by atoms with Crippen molar-refractivity contribution in [3.63, 3.8) is 0 Å². The van der Waals surface area contributed by atoms with Crippen molar-refractivity contribution in [2.75, 3.05) is 0 Å². The molecule has 0 amide bonds. The van der Waals surface area contributed by atoms with E-state index in [1.54, 1.807) is 0 Å². The van der Waals surface area contributed by atoms with Crippen LogP contribution in [0.1, 0.15) is 84.5 Å². The molecule has 20 heavy (non-hydrogen) atoms. The lowest BCUT2D eigenvalue weighted by molar-refractivity contribution is 0.175. The summed E-state index contributed by atoms with van der Waals surface area (Å²) in [6.07, 6.45) is 15.0. The predicted molar refractivity (Wildman–Crippen MR) is 86.4 cm³/mol. The number of amidine groups is 1. The van der Waals surface area contributed by atoms with Gasteiger partial charge in [0.25, 0.3) is 0 Å². The van der Waals surface area contributed by atoms with E-state index in [4.69, 9.17) is 4.84 Å². The first-order chi connectivity index (χ1) is 9.74. The molecule has 1 heterocycles. The van der Waals surface area contributed by atoms with Gasteiger partial charge in [-0.15, -0.1) is 0 Å². The molecule has 0 spiro atoms. The van der Waals surface area contributed by atoms with E-state index in [2.05, 4.69) is 30.9 Å². The van der Waals surface area contributed by atoms with Crippen LogP contribution < -0.4 is 5.48 Å². The Morgan fingerprint density at radius 3 is 2.05 bits per heavy atom. The summed E-state index contributed by atoms with van der Waals surface area (Å²) in [7, 11) is 0. The van der Waals surface area contributed by atoms with Crippen LogP contribution in [0.5, 0.6) is 0 Å². The number of nitrogens with one attached hydrogen (secondary N) is 1. The van der Waals surface area contributed by atoms with Gasteiger partial charge in [-0.05, 0) is 13.0 Å². The Balaban J connectivity index is 1.87. The zero-order valence-corrected chi connectivity index (χ0v) is 13.4. The Kier molecular flexibility index (Phi) is 9.18. The molecule has 0 aromatic carbocycles. The highest BCUT2D eigenvalue weighted by Crippen LogP contribution is 2.16. The minimum atomic E-state index is 0.447. The van der Waals surface area contributed by atoms with Gasteiger partial charge in [0, 0.05) is 5.92 Å². The molecule has 0 saturated carbocycles. The molecule has 0 bridgehead atoms. The second-order valence-corrected chi connectivity index (χ2v) is 5.97. The minimum absolute atomic E-state index is 0.447. The number of nitrogens with zero attached hydrogens (tertiary/aromatic N) is 1. The van der Waals surface area contributed by atoms with Gasteiger partial charge in [0.1, 0.15) is 5.84 Å². The molecule has 3 heteroatoms. The maximum atomic E-state index is 5.04. The molecule has 0 fully saturated rings. The molecular formula is C17H32N2O. The molecule has 1 unspecified atom stereocenters. The molecular weight excluding hydrogens is 248 g/mol. The summed E-state index contributed by atoms with van der Waals surface area (Å²) < 4.78 is 0. The fraction of sp³-hybridized carbons (Fsp3) is 0.824. The average Bonchev–Trinajstić information content (AvgIpc) is 2.87. The van der Waals surface area contributed by atoms with Crippen LogP contribution in [0.25, 0.3) is 0 Å². The largest absolute Gasteiger partial charge is 0.361 e. The van der Waals surface area contributed by atoms with Gasteiger partial charge in [-0.3, -0.25) is 0 Å². The lowest BCUT2D eigenvalue weighted by Gasteiger charge is -2.10. The van der Waals surface area contributed by atoms with Crippen LogP contribution in [0.2, 0.25) is 0 Å². The van der Waals surface area contributed by atoms with Gasteiger partial charge in [-0.1, -0.05) is 78.1 Å².